The molecule has 0 spiro atoms. The van der Waals surface area contributed by atoms with E-state index in [1.807, 2.05) is 0 Å². The fourth-order valence-corrected chi connectivity index (χ4v) is 1.74. The van der Waals surface area contributed by atoms with E-state index in [0.717, 1.165) is 0 Å². The topological polar surface area (TPSA) is 97.1 Å². The minimum absolute atomic E-state index is 0.0686. The van der Waals surface area contributed by atoms with E-state index < -0.39 is 5.91 Å². The molecule has 6 nitrogen and oxygen atoms in total. The average Bonchev–Trinajstić information content (AvgIpc) is 2.47. The van der Waals surface area contributed by atoms with Gasteiger partial charge in [-0.05, 0) is 36.4 Å². The largest absolute Gasteiger partial charge is 0.368 e. The van der Waals surface area contributed by atoms with Crippen molar-refractivity contribution in [3.05, 3.63) is 53.2 Å². The minimum Gasteiger partial charge on any atom is -0.368 e. The molecule has 0 saturated carbocycles. The molecule has 0 aliphatic rings. The van der Waals surface area contributed by atoms with Gasteiger partial charge in [0.05, 0.1) is 12.2 Å². The van der Waals surface area contributed by atoms with Gasteiger partial charge in [0.25, 0.3) is 5.91 Å². The molecular weight excluding hydrogens is 292 g/mol. The molecule has 1 aromatic heterocycles. The van der Waals surface area contributed by atoms with Crippen molar-refractivity contribution in [3.8, 4) is 0 Å². The lowest BCUT2D eigenvalue weighted by atomic mass is 10.2. The van der Waals surface area contributed by atoms with Crippen LogP contribution < -0.4 is 16.4 Å². The minimum atomic E-state index is -0.518. The summed E-state index contributed by atoms with van der Waals surface area (Å²) in [5, 5.41) is 6.02. The number of nitrogens with one attached hydrogen (secondary N) is 2. The van der Waals surface area contributed by atoms with Crippen LogP contribution in [0.4, 0.5) is 11.5 Å². The Morgan fingerprint density at radius 1 is 1.19 bits per heavy atom. The third kappa shape index (κ3) is 4.19. The molecule has 2 amide bonds. The lowest BCUT2D eigenvalue weighted by molar-refractivity contribution is -0.116. The number of carbonyl (C=O) groups excluding carboxylic acids is 2. The SMILES string of the molecule is NC(=O)CNc1ncccc1NC(=O)c1ccc(Cl)cc1. The van der Waals surface area contributed by atoms with Crippen molar-refractivity contribution >= 4 is 34.9 Å². The summed E-state index contributed by atoms with van der Waals surface area (Å²) in [6.07, 6.45) is 1.54. The van der Waals surface area contributed by atoms with Gasteiger partial charge in [0.1, 0.15) is 5.82 Å². The van der Waals surface area contributed by atoms with E-state index in [9.17, 15) is 9.59 Å². The van der Waals surface area contributed by atoms with E-state index in [1.165, 1.54) is 0 Å². The molecule has 108 valence electrons. The van der Waals surface area contributed by atoms with Crippen molar-refractivity contribution in [3.63, 3.8) is 0 Å². The molecule has 1 aromatic carbocycles. The smallest absolute Gasteiger partial charge is 0.255 e. The number of halogens is 1. The number of hydrogen-bond acceptors (Lipinski definition) is 4. The summed E-state index contributed by atoms with van der Waals surface area (Å²) in [5.41, 5.74) is 5.99. The van der Waals surface area contributed by atoms with Crippen molar-refractivity contribution in [2.45, 2.75) is 0 Å². The number of nitrogens with zero attached hydrogens (tertiary/aromatic N) is 1. The van der Waals surface area contributed by atoms with Crippen LogP contribution in [-0.4, -0.2) is 23.3 Å². The predicted octanol–water partition coefficient (Wildman–Crippen LogP) is 1.88. The quantitative estimate of drug-likeness (QED) is 0.785. The Balaban J connectivity index is 2.13. The molecule has 0 aliphatic carbocycles. The van der Waals surface area contributed by atoms with Crippen LogP contribution in [-0.2, 0) is 4.79 Å². The van der Waals surface area contributed by atoms with E-state index in [-0.39, 0.29) is 12.5 Å². The zero-order valence-electron chi connectivity index (χ0n) is 11.0. The maximum atomic E-state index is 12.1. The molecule has 0 unspecified atom stereocenters. The molecule has 2 rings (SSSR count). The van der Waals surface area contributed by atoms with Gasteiger partial charge in [0, 0.05) is 16.8 Å². The van der Waals surface area contributed by atoms with Crippen LogP contribution in [0.15, 0.2) is 42.6 Å². The van der Waals surface area contributed by atoms with Gasteiger partial charge in [-0.25, -0.2) is 4.98 Å². The molecule has 21 heavy (non-hydrogen) atoms. The van der Waals surface area contributed by atoms with Crippen molar-refractivity contribution in [1.82, 2.24) is 4.98 Å². The second-order valence-corrected chi connectivity index (χ2v) is 4.62. The summed E-state index contributed by atoms with van der Waals surface area (Å²) >= 11 is 5.78. The predicted molar refractivity (Wildman–Crippen MR) is 81.3 cm³/mol. The molecule has 0 radical (unpaired) electrons. The number of benzene rings is 1. The third-order valence-corrected chi connectivity index (χ3v) is 2.84. The van der Waals surface area contributed by atoms with Gasteiger partial charge in [-0.3, -0.25) is 9.59 Å². The van der Waals surface area contributed by atoms with E-state index >= 15 is 0 Å². The molecule has 1 heterocycles. The fraction of sp³-hybridized carbons (Fsp3) is 0.0714. The zero-order valence-corrected chi connectivity index (χ0v) is 11.7. The Morgan fingerprint density at radius 3 is 2.57 bits per heavy atom. The first-order valence-corrected chi connectivity index (χ1v) is 6.48. The maximum absolute atomic E-state index is 12.1. The molecule has 0 saturated heterocycles. The summed E-state index contributed by atoms with van der Waals surface area (Å²) < 4.78 is 0. The van der Waals surface area contributed by atoms with E-state index in [1.54, 1.807) is 42.6 Å². The maximum Gasteiger partial charge on any atom is 0.255 e. The Labute approximate surface area is 126 Å². The number of anilines is 2. The van der Waals surface area contributed by atoms with Crippen LogP contribution in [0.1, 0.15) is 10.4 Å². The average molecular weight is 305 g/mol. The molecule has 7 heteroatoms. The number of carbonyl (C=O) groups is 2. The van der Waals surface area contributed by atoms with Gasteiger partial charge in [0.15, 0.2) is 0 Å². The third-order valence-electron chi connectivity index (χ3n) is 2.59. The first-order chi connectivity index (χ1) is 10.1. The second-order valence-electron chi connectivity index (χ2n) is 4.18. The molecular formula is C14H13ClN4O2. The van der Waals surface area contributed by atoms with Gasteiger partial charge in [-0.1, -0.05) is 11.6 Å². The summed E-state index contributed by atoms with van der Waals surface area (Å²) in [4.78, 5) is 27.0. The zero-order chi connectivity index (χ0) is 15.2. The lowest BCUT2D eigenvalue weighted by Crippen LogP contribution is -2.23. The summed E-state index contributed by atoms with van der Waals surface area (Å²) in [5.74, 6) is -0.448. The number of primary amides is 1. The molecule has 0 aliphatic heterocycles. The summed E-state index contributed by atoms with van der Waals surface area (Å²) in [6.45, 7) is -0.0686. The number of rotatable bonds is 5. The Morgan fingerprint density at radius 2 is 1.90 bits per heavy atom. The standard InChI is InChI=1S/C14H13ClN4O2/c15-10-5-3-9(4-6-10)14(21)19-11-2-1-7-17-13(11)18-8-12(16)20/h1-7H,8H2,(H2,16,20)(H,17,18)(H,19,21). The van der Waals surface area contributed by atoms with Gasteiger partial charge in [-0.15, -0.1) is 0 Å². The van der Waals surface area contributed by atoms with Crippen LogP contribution in [0.2, 0.25) is 5.02 Å². The van der Waals surface area contributed by atoms with Gasteiger partial charge in [-0.2, -0.15) is 0 Å². The molecule has 0 atom stereocenters. The first-order valence-electron chi connectivity index (χ1n) is 6.10. The number of pyridine rings is 1. The molecule has 4 N–H and O–H groups in total. The van der Waals surface area contributed by atoms with Crippen molar-refractivity contribution < 1.29 is 9.59 Å². The second kappa shape index (κ2) is 6.71. The highest BCUT2D eigenvalue weighted by Crippen LogP contribution is 2.19. The number of amides is 2. The van der Waals surface area contributed by atoms with Crippen LogP contribution in [0.5, 0.6) is 0 Å². The van der Waals surface area contributed by atoms with Gasteiger partial charge in [0.2, 0.25) is 5.91 Å². The first kappa shape index (κ1) is 14.8. The highest BCUT2D eigenvalue weighted by Gasteiger charge is 2.10. The summed E-state index contributed by atoms with van der Waals surface area (Å²) in [7, 11) is 0. The van der Waals surface area contributed by atoms with Crippen molar-refractivity contribution in [2.24, 2.45) is 5.73 Å². The Bertz CT molecular complexity index is 658. The molecule has 0 bridgehead atoms. The fourth-order valence-electron chi connectivity index (χ4n) is 1.61. The Kier molecular flexibility index (Phi) is 4.73. The number of nitrogens with two attached hydrogens (primary N) is 1. The molecule has 0 fully saturated rings. The van der Waals surface area contributed by atoms with Crippen LogP contribution in [0.25, 0.3) is 0 Å². The van der Waals surface area contributed by atoms with Crippen LogP contribution >= 0.6 is 11.6 Å². The van der Waals surface area contributed by atoms with E-state index in [2.05, 4.69) is 15.6 Å². The van der Waals surface area contributed by atoms with E-state index in [4.69, 9.17) is 17.3 Å². The van der Waals surface area contributed by atoms with Gasteiger partial charge >= 0.3 is 0 Å². The van der Waals surface area contributed by atoms with Crippen molar-refractivity contribution in [2.75, 3.05) is 17.2 Å². The van der Waals surface area contributed by atoms with Crippen LogP contribution in [0.3, 0.4) is 0 Å². The highest BCUT2D eigenvalue weighted by atomic mass is 35.5. The highest BCUT2D eigenvalue weighted by molar-refractivity contribution is 6.30. The van der Waals surface area contributed by atoms with Crippen molar-refractivity contribution in [1.29, 1.82) is 0 Å². The monoisotopic (exact) mass is 304 g/mol. The van der Waals surface area contributed by atoms with Crippen LogP contribution in [0, 0.1) is 0 Å². The lowest BCUT2D eigenvalue weighted by Gasteiger charge is -2.11. The van der Waals surface area contributed by atoms with E-state index in [0.29, 0.717) is 22.1 Å². The molecule has 2 aromatic rings. The number of hydrogen-bond donors (Lipinski definition) is 3. The number of aromatic nitrogens is 1. The Hall–Kier alpha value is -2.60. The normalized spacial score (nSPS) is 9.95. The summed E-state index contributed by atoms with van der Waals surface area (Å²) in [6, 6.07) is 9.84. The van der Waals surface area contributed by atoms with Gasteiger partial charge < -0.3 is 16.4 Å².